The molecule has 1 aliphatic carbocycles. The molecule has 0 N–H and O–H groups in total. The Kier molecular flexibility index (Phi) is 7.37. The Hall–Kier alpha value is -4.76. The van der Waals surface area contributed by atoms with E-state index in [1.54, 1.807) is 0 Å². The SMILES string of the molecule is Brc1c2ccc(-c3cccc(-c4cccc5ccccc45)c3)cc2c(Br)c2ccc(-c3cccc(C4=CCCc5ccccc54)c3)cc12. The lowest BCUT2D eigenvalue weighted by Gasteiger charge is -2.19. The molecule has 0 spiro atoms. The van der Waals surface area contributed by atoms with Gasteiger partial charge in [0.25, 0.3) is 0 Å². The molecule has 0 unspecified atom stereocenters. The highest BCUT2D eigenvalue weighted by atomic mass is 79.9. The zero-order valence-electron chi connectivity index (χ0n) is 26.2. The maximum absolute atomic E-state index is 4.03. The summed E-state index contributed by atoms with van der Waals surface area (Å²) < 4.78 is 2.24. The fourth-order valence-corrected chi connectivity index (χ4v) is 8.80. The molecule has 0 radical (unpaired) electrons. The van der Waals surface area contributed by atoms with Gasteiger partial charge in [0, 0.05) is 8.95 Å². The second kappa shape index (κ2) is 12.0. The minimum atomic E-state index is 1.08. The van der Waals surface area contributed by atoms with Gasteiger partial charge >= 0.3 is 0 Å². The van der Waals surface area contributed by atoms with E-state index < -0.39 is 0 Å². The summed E-state index contributed by atoms with van der Waals surface area (Å²) in [7, 11) is 0. The largest absolute Gasteiger partial charge is 0.0757 e. The maximum Gasteiger partial charge on any atom is 0.0333 e. The van der Waals surface area contributed by atoms with Crippen LogP contribution in [0.3, 0.4) is 0 Å². The van der Waals surface area contributed by atoms with E-state index in [-0.39, 0.29) is 0 Å². The number of fused-ring (bicyclic) bond motifs is 4. The van der Waals surface area contributed by atoms with E-state index >= 15 is 0 Å². The van der Waals surface area contributed by atoms with E-state index in [9.17, 15) is 0 Å². The van der Waals surface area contributed by atoms with Crippen molar-refractivity contribution in [1.29, 1.82) is 0 Å². The molecule has 0 bridgehead atoms. The average molecular weight is 743 g/mol. The molecular formula is C46H30Br2. The van der Waals surface area contributed by atoms with Gasteiger partial charge in [0.05, 0.1) is 0 Å². The van der Waals surface area contributed by atoms with Gasteiger partial charge in [-0.05, 0) is 157 Å². The molecule has 48 heavy (non-hydrogen) atoms. The van der Waals surface area contributed by atoms with Gasteiger partial charge in [-0.15, -0.1) is 0 Å². The first-order valence-electron chi connectivity index (χ1n) is 16.4. The molecule has 1 aliphatic rings. The highest BCUT2D eigenvalue weighted by Gasteiger charge is 2.16. The Morgan fingerprint density at radius 3 is 1.67 bits per heavy atom. The molecule has 0 aliphatic heterocycles. The summed E-state index contributed by atoms with van der Waals surface area (Å²) in [6.07, 6.45) is 4.59. The highest BCUT2D eigenvalue weighted by Crippen LogP contribution is 2.43. The van der Waals surface area contributed by atoms with Crippen molar-refractivity contribution in [2.24, 2.45) is 0 Å². The third-order valence-corrected chi connectivity index (χ3v) is 11.6. The summed E-state index contributed by atoms with van der Waals surface area (Å²) in [5, 5.41) is 7.31. The lowest BCUT2D eigenvalue weighted by atomic mass is 9.86. The van der Waals surface area contributed by atoms with Gasteiger partial charge in [-0.1, -0.05) is 133 Å². The minimum absolute atomic E-state index is 1.08. The number of benzene rings is 8. The van der Waals surface area contributed by atoms with Crippen LogP contribution >= 0.6 is 31.9 Å². The number of aryl methyl sites for hydroxylation is 1. The monoisotopic (exact) mass is 740 g/mol. The zero-order valence-corrected chi connectivity index (χ0v) is 29.4. The van der Waals surface area contributed by atoms with E-state index in [1.807, 2.05) is 0 Å². The molecule has 0 atom stereocenters. The molecule has 8 aromatic carbocycles. The molecule has 228 valence electrons. The summed E-state index contributed by atoms with van der Waals surface area (Å²) >= 11 is 8.07. The van der Waals surface area contributed by atoms with Crippen molar-refractivity contribution in [3.05, 3.63) is 183 Å². The van der Waals surface area contributed by atoms with E-state index in [2.05, 4.69) is 190 Å². The molecule has 0 nitrogen and oxygen atoms in total. The normalized spacial score (nSPS) is 12.8. The second-order valence-corrected chi connectivity index (χ2v) is 14.2. The summed E-state index contributed by atoms with van der Waals surface area (Å²) in [5.74, 6) is 0. The van der Waals surface area contributed by atoms with E-state index in [0.717, 1.165) is 21.8 Å². The fraction of sp³-hybridized carbons (Fsp3) is 0.0435. The van der Waals surface area contributed by atoms with Gasteiger partial charge in [0.1, 0.15) is 0 Å². The van der Waals surface area contributed by atoms with Gasteiger partial charge in [-0.3, -0.25) is 0 Å². The van der Waals surface area contributed by atoms with Gasteiger partial charge in [0.2, 0.25) is 0 Å². The Labute approximate surface area is 297 Å². The molecule has 0 saturated heterocycles. The first-order valence-corrected chi connectivity index (χ1v) is 18.0. The van der Waals surface area contributed by atoms with Crippen molar-refractivity contribution in [1.82, 2.24) is 0 Å². The van der Waals surface area contributed by atoms with Crippen molar-refractivity contribution in [3.8, 4) is 33.4 Å². The van der Waals surface area contributed by atoms with Gasteiger partial charge < -0.3 is 0 Å². The van der Waals surface area contributed by atoms with Gasteiger partial charge in [0.15, 0.2) is 0 Å². The standard InChI is InChI=1S/C46H30Br2/c47-45-42-24-22-34(32-14-6-16-36(26-32)40-20-8-12-30-10-2-4-18-38(30)40)28-44(42)46(48)41-23-21-33(27-43(41)45)31-13-5-15-35(25-31)39-19-7-11-29-9-1-3-17-37(29)39/h1-7,9-11,13-28H,8,12H2. The van der Waals surface area contributed by atoms with Gasteiger partial charge in [-0.2, -0.15) is 0 Å². The average Bonchev–Trinajstić information content (AvgIpc) is 3.16. The minimum Gasteiger partial charge on any atom is -0.0757 e. The van der Waals surface area contributed by atoms with Gasteiger partial charge in [-0.25, -0.2) is 0 Å². The summed E-state index contributed by atoms with van der Waals surface area (Å²) in [5.41, 5.74) is 12.7. The van der Waals surface area contributed by atoms with Crippen molar-refractivity contribution in [3.63, 3.8) is 0 Å². The highest BCUT2D eigenvalue weighted by molar-refractivity contribution is 9.11. The van der Waals surface area contributed by atoms with E-state index in [4.69, 9.17) is 0 Å². The molecule has 9 rings (SSSR count). The third-order valence-electron chi connectivity index (χ3n) is 9.86. The van der Waals surface area contributed by atoms with Crippen LogP contribution in [0.4, 0.5) is 0 Å². The van der Waals surface area contributed by atoms with Crippen molar-refractivity contribution >= 4 is 69.8 Å². The summed E-state index contributed by atoms with van der Waals surface area (Å²) in [6, 6.07) is 55.6. The molecule has 0 fully saturated rings. The van der Waals surface area contributed by atoms with Crippen molar-refractivity contribution in [2.75, 3.05) is 0 Å². The van der Waals surface area contributed by atoms with Crippen LogP contribution in [0.5, 0.6) is 0 Å². The molecule has 0 saturated carbocycles. The number of hydrogen-bond donors (Lipinski definition) is 0. The molecular weight excluding hydrogens is 712 g/mol. The van der Waals surface area contributed by atoms with Crippen LogP contribution in [0.25, 0.3) is 71.3 Å². The van der Waals surface area contributed by atoms with Crippen molar-refractivity contribution < 1.29 is 0 Å². The lowest BCUT2D eigenvalue weighted by molar-refractivity contribution is 0.978. The predicted octanol–water partition coefficient (Wildman–Crippen LogP) is 14.1. The third kappa shape index (κ3) is 5.03. The maximum atomic E-state index is 4.03. The van der Waals surface area contributed by atoms with Crippen LogP contribution in [0.15, 0.2) is 167 Å². The number of halogens is 2. The smallest absolute Gasteiger partial charge is 0.0333 e. The molecule has 0 amide bonds. The topological polar surface area (TPSA) is 0 Å². The quantitative estimate of drug-likeness (QED) is 0.158. The predicted molar refractivity (Wildman–Crippen MR) is 213 cm³/mol. The van der Waals surface area contributed by atoms with Crippen LogP contribution in [0.2, 0.25) is 0 Å². The summed E-state index contributed by atoms with van der Waals surface area (Å²) in [4.78, 5) is 0. The second-order valence-electron chi connectivity index (χ2n) is 12.7. The van der Waals surface area contributed by atoms with Crippen LogP contribution in [-0.2, 0) is 6.42 Å². The summed E-state index contributed by atoms with van der Waals surface area (Å²) in [6.45, 7) is 0. The lowest BCUT2D eigenvalue weighted by Crippen LogP contribution is -2.00. The first-order chi connectivity index (χ1) is 23.6. The van der Waals surface area contributed by atoms with Crippen LogP contribution in [-0.4, -0.2) is 0 Å². The van der Waals surface area contributed by atoms with Crippen LogP contribution < -0.4 is 0 Å². The first kappa shape index (κ1) is 29.4. The molecule has 8 aromatic rings. The Morgan fingerprint density at radius 2 is 0.917 bits per heavy atom. The number of allylic oxidation sites excluding steroid dienone is 1. The Morgan fingerprint density at radius 1 is 0.375 bits per heavy atom. The van der Waals surface area contributed by atoms with Crippen LogP contribution in [0, 0.1) is 0 Å². The Bertz CT molecular complexity index is 2580. The van der Waals surface area contributed by atoms with Crippen LogP contribution in [0.1, 0.15) is 23.1 Å². The van der Waals surface area contributed by atoms with E-state index in [1.165, 1.54) is 88.0 Å². The van der Waals surface area contributed by atoms with Crippen molar-refractivity contribution in [2.45, 2.75) is 12.8 Å². The number of hydrogen-bond acceptors (Lipinski definition) is 0. The molecule has 0 heterocycles. The Balaban J connectivity index is 1.11. The molecule has 0 aromatic heterocycles. The number of rotatable bonds is 4. The molecule has 2 heteroatoms. The van der Waals surface area contributed by atoms with E-state index in [0.29, 0.717) is 0 Å². The fourth-order valence-electron chi connectivity index (χ4n) is 7.45. The zero-order chi connectivity index (χ0) is 32.2.